The summed E-state index contributed by atoms with van der Waals surface area (Å²) in [6, 6.07) is 0.0481. The van der Waals surface area contributed by atoms with E-state index in [1.807, 2.05) is 48.6 Å². The maximum atomic E-state index is 13.6. The van der Waals surface area contributed by atoms with Crippen LogP contribution in [0, 0.1) is 22.7 Å². The lowest BCUT2D eigenvalue weighted by atomic mass is 9.69. The number of amides is 1. The first-order valence-electron chi connectivity index (χ1n) is 18.7. The Bertz CT molecular complexity index is 1100. The largest absolute Gasteiger partial charge is 0.321 e. The second-order valence-corrected chi connectivity index (χ2v) is 14.6. The van der Waals surface area contributed by atoms with Crippen LogP contribution in [-0.2, 0) is 4.79 Å². The van der Waals surface area contributed by atoms with Crippen molar-refractivity contribution in [3.8, 4) is 0 Å². The molecule has 0 aromatic heterocycles. The number of carbonyl (C=O) groups is 1. The number of nitrogens with one attached hydrogen (secondary N) is 2. The van der Waals surface area contributed by atoms with Crippen molar-refractivity contribution in [2.45, 2.75) is 162 Å². The van der Waals surface area contributed by atoms with Crippen molar-refractivity contribution in [1.82, 2.24) is 5.32 Å². The molecule has 1 saturated carbocycles. The average Bonchev–Trinajstić information content (AvgIpc) is 3.16. The van der Waals surface area contributed by atoms with Gasteiger partial charge in [0.05, 0.1) is 11.8 Å². The Morgan fingerprint density at radius 1 is 0.867 bits per heavy atom. The first-order valence-corrected chi connectivity index (χ1v) is 18.7. The van der Waals surface area contributed by atoms with Crippen molar-refractivity contribution in [2.75, 3.05) is 0 Å². The number of hydrogen-bond donors (Lipinski definition) is 2. The Hall–Kier alpha value is -2.49. The molecule has 45 heavy (non-hydrogen) atoms. The quantitative estimate of drug-likeness (QED) is 0.211. The van der Waals surface area contributed by atoms with Crippen LogP contribution in [0.15, 0.2) is 64.9 Å². The molecule has 1 heterocycles. The maximum Gasteiger partial charge on any atom is 0.276 e. The van der Waals surface area contributed by atoms with Crippen LogP contribution in [0.25, 0.3) is 0 Å². The van der Waals surface area contributed by atoms with Gasteiger partial charge in [-0.25, -0.2) is 0 Å². The minimum atomic E-state index is -0.271. The van der Waals surface area contributed by atoms with Crippen LogP contribution in [0.1, 0.15) is 156 Å². The molecule has 1 aliphatic heterocycles. The summed E-state index contributed by atoms with van der Waals surface area (Å²) in [7, 11) is 0. The van der Waals surface area contributed by atoms with E-state index < -0.39 is 0 Å². The molecule has 0 radical (unpaired) electrons. The first kappa shape index (κ1) is 37.0. The minimum absolute atomic E-state index is 0.0481. The predicted octanol–water partition coefficient (Wildman–Crippen LogP) is 11.6. The van der Waals surface area contributed by atoms with Gasteiger partial charge in [0.2, 0.25) is 0 Å². The summed E-state index contributed by atoms with van der Waals surface area (Å²) >= 11 is 0. The average molecular weight is 616 g/mol. The zero-order valence-corrected chi connectivity index (χ0v) is 29.3. The van der Waals surface area contributed by atoms with Gasteiger partial charge in [0, 0.05) is 5.70 Å². The van der Waals surface area contributed by atoms with E-state index >= 15 is 0 Å². The predicted molar refractivity (Wildman–Crippen MR) is 195 cm³/mol. The van der Waals surface area contributed by atoms with Crippen molar-refractivity contribution >= 4 is 17.3 Å². The highest BCUT2D eigenvalue weighted by Gasteiger charge is 2.33. The normalized spacial score (nSPS) is 28.2. The fraction of sp³-hybridized carbons (Fsp3) is 0.683. The Balaban J connectivity index is 1.77. The lowest BCUT2D eigenvalue weighted by Gasteiger charge is -2.37. The van der Waals surface area contributed by atoms with E-state index in [0.717, 1.165) is 31.6 Å². The third-order valence-corrected chi connectivity index (χ3v) is 10.6. The molecule has 0 bridgehead atoms. The Kier molecular flexibility index (Phi) is 16.9. The summed E-state index contributed by atoms with van der Waals surface area (Å²) in [6.07, 6.45) is 41.1. The molecule has 3 rings (SSSR count). The van der Waals surface area contributed by atoms with Crippen LogP contribution in [0.3, 0.4) is 0 Å². The van der Waals surface area contributed by atoms with Gasteiger partial charge in [-0.2, -0.15) is 0 Å². The summed E-state index contributed by atoms with van der Waals surface area (Å²) in [6.45, 7) is 9.55. The van der Waals surface area contributed by atoms with Gasteiger partial charge >= 0.3 is 0 Å². The molecule has 0 saturated heterocycles. The molecule has 1 amide bonds. The molecule has 2 aliphatic carbocycles. The van der Waals surface area contributed by atoms with Crippen molar-refractivity contribution < 1.29 is 4.79 Å². The smallest absolute Gasteiger partial charge is 0.276 e. The molecule has 2 N–H and O–H groups in total. The molecule has 3 aliphatic rings. The summed E-state index contributed by atoms with van der Waals surface area (Å²) in [4.78, 5) is 18.8. The lowest BCUT2D eigenvalue weighted by molar-refractivity contribution is -0.113. The number of aliphatic imine (C=N–C) groups is 1. The Morgan fingerprint density at radius 3 is 2.29 bits per heavy atom. The van der Waals surface area contributed by atoms with Gasteiger partial charge in [-0.05, 0) is 80.4 Å². The molecule has 4 heteroatoms. The molecule has 4 nitrogen and oxygen atoms in total. The molecular formula is C41H65N3O. The van der Waals surface area contributed by atoms with Crippen molar-refractivity contribution in [2.24, 2.45) is 22.2 Å². The van der Waals surface area contributed by atoms with Crippen LogP contribution in [0.5, 0.6) is 0 Å². The zero-order valence-electron chi connectivity index (χ0n) is 29.3. The fourth-order valence-electron chi connectivity index (χ4n) is 7.49. The summed E-state index contributed by atoms with van der Waals surface area (Å²) in [5.41, 5.74) is 2.80. The van der Waals surface area contributed by atoms with Gasteiger partial charge in [0.25, 0.3) is 5.91 Å². The van der Waals surface area contributed by atoms with Gasteiger partial charge in [-0.1, -0.05) is 147 Å². The van der Waals surface area contributed by atoms with Gasteiger partial charge in [0.1, 0.15) is 5.71 Å². The van der Waals surface area contributed by atoms with Gasteiger partial charge in [-0.15, -0.1) is 0 Å². The van der Waals surface area contributed by atoms with Crippen LogP contribution < -0.4 is 5.32 Å². The van der Waals surface area contributed by atoms with Crippen LogP contribution in [-0.4, -0.2) is 23.4 Å². The van der Waals surface area contributed by atoms with Crippen LogP contribution >= 0.6 is 0 Å². The molecule has 0 aromatic carbocycles. The third kappa shape index (κ3) is 13.4. The summed E-state index contributed by atoms with van der Waals surface area (Å²) in [5.74, 6) is 0.940. The second-order valence-electron chi connectivity index (χ2n) is 14.6. The SMILES string of the molecule is CCCCCCCCCC1CCCCCCCCC(C2CC(CC)=CC(=N)C(C(=O)NC3=C/C=C\C=C/C=C\3)=N2)CCC1(C)C. The highest BCUT2D eigenvalue weighted by Crippen LogP contribution is 2.42. The topological polar surface area (TPSA) is 65.3 Å². The molecule has 1 fully saturated rings. The number of hydrogen-bond acceptors (Lipinski definition) is 3. The Morgan fingerprint density at radius 2 is 1.53 bits per heavy atom. The number of rotatable bonds is 12. The van der Waals surface area contributed by atoms with Crippen molar-refractivity contribution in [1.29, 1.82) is 5.41 Å². The second kappa shape index (κ2) is 20.6. The molecular weight excluding hydrogens is 550 g/mol. The van der Waals surface area contributed by atoms with Crippen LogP contribution in [0.2, 0.25) is 0 Å². The fourth-order valence-corrected chi connectivity index (χ4v) is 7.49. The van der Waals surface area contributed by atoms with E-state index in [2.05, 4.69) is 33.0 Å². The van der Waals surface area contributed by atoms with E-state index in [4.69, 9.17) is 10.4 Å². The molecule has 3 atom stereocenters. The zero-order chi connectivity index (χ0) is 32.3. The number of unbranched alkanes of at least 4 members (excludes halogenated alkanes) is 6. The highest BCUT2D eigenvalue weighted by atomic mass is 16.1. The molecule has 3 unspecified atom stereocenters. The standard InChI is InChI=1S/C41H65N3O/c1-5-7-8-9-10-15-20-25-35-26-21-16-12-11-14-19-24-34(29-30-41(35,3)4)38-32-33(6-2)31-37(42)39(44-38)40(45)43-36-27-22-17-13-18-23-28-36/h13,17-18,22-23,27-28,31,34-35,38,42H,5-12,14-16,19-21,24-26,29-30,32H2,1-4H3,(H,43,45)/b17-13-,18-13?,22-17?,23-18-,27-22-,28-23?,36-27?,36-28+,42-37?. The van der Waals surface area contributed by atoms with E-state index in [1.54, 1.807) is 0 Å². The van der Waals surface area contributed by atoms with Crippen molar-refractivity contribution in [3.63, 3.8) is 0 Å². The maximum absolute atomic E-state index is 13.6. The Labute approximate surface area is 276 Å². The van der Waals surface area contributed by atoms with E-state index in [9.17, 15) is 4.79 Å². The number of nitrogens with zero attached hydrogens (tertiary/aromatic N) is 1. The van der Waals surface area contributed by atoms with E-state index in [0.29, 0.717) is 22.7 Å². The van der Waals surface area contributed by atoms with Gasteiger partial charge < -0.3 is 5.32 Å². The molecule has 250 valence electrons. The summed E-state index contributed by atoms with van der Waals surface area (Å²) < 4.78 is 0. The third-order valence-electron chi connectivity index (χ3n) is 10.6. The minimum Gasteiger partial charge on any atom is -0.321 e. The monoisotopic (exact) mass is 616 g/mol. The van der Waals surface area contributed by atoms with E-state index in [-0.39, 0.29) is 17.7 Å². The molecule has 0 spiro atoms. The first-order chi connectivity index (χ1) is 21.8. The summed E-state index contributed by atoms with van der Waals surface area (Å²) in [5, 5.41) is 11.9. The van der Waals surface area contributed by atoms with Gasteiger partial charge in [0.15, 0.2) is 0 Å². The number of carbonyl (C=O) groups excluding carboxylic acids is 1. The van der Waals surface area contributed by atoms with E-state index in [1.165, 1.54) is 108 Å². The highest BCUT2D eigenvalue weighted by molar-refractivity contribution is 6.68. The van der Waals surface area contributed by atoms with Gasteiger partial charge in [-0.3, -0.25) is 15.2 Å². The number of allylic oxidation sites excluding steroid dienone is 8. The molecule has 0 aromatic rings. The van der Waals surface area contributed by atoms with Crippen LogP contribution in [0.4, 0.5) is 0 Å². The van der Waals surface area contributed by atoms with Crippen molar-refractivity contribution in [3.05, 3.63) is 59.9 Å². The lowest BCUT2D eigenvalue weighted by Crippen LogP contribution is -2.35.